The highest BCUT2D eigenvalue weighted by Crippen LogP contribution is 2.19. The van der Waals surface area contributed by atoms with Gasteiger partial charge in [0.2, 0.25) is 5.89 Å². The second-order valence-electron chi connectivity index (χ2n) is 4.36. The van der Waals surface area contributed by atoms with E-state index in [1.54, 1.807) is 11.3 Å². The summed E-state index contributed by atoms with van der Waals surface area (Å²) in [6.07, 6.45) is 4.37. The molecule has 0 radical (unpaired) electrons. The molecule has 1 aliphatic carbocycles. The second kappa shape index (κ2) is 5.03. The van der Waals surface area contributed by atoms with E-state index in [9.17, 15) is 0 Å². The van der Waals surface area contributed by atoms with Crippen LogP contribution in [-0.4, -0.2) is 21.2 Å². The van der Waals surface area contributed by atoms with Gasteiger partial charge in [0.05, 0.1) is 18.1 Å². The van der Waals surface area contributed by atoms with Crippen LogP contribution in [0.3, 0.4) is 0 Å². The van der Waals surface area contributed by atoms with Crippen molar-refractivity contribution in [3.05, 3.63) is 22.0 Å². The molecular formula is C11H15N5OS. The van der Waals surface area contributed by atoms with E-state index >= 15 is 0 Å². The van der Waals surface area contributed by atoms with Gasteiger partial charge in [0.25, 0.3) is 0 Å². The van der Waals surface area contributed by atoms with Crippen LogP contribution in [0.4, 0.5) is 6.01 Å². The summed E-state index contributed by atoms with van der Waals surface area (Å²) in [5.41, 5.74) is 0. The minimum Gasteiger partial charge on any atom is -0.407 e. The summed E-state index contributed by atoms with van der Waals surface area (Å²) >= 11 is 1.66. The molecule has 6 nitrogen and oxygen atoms in total. The van der Waals surface area contributed by atoms with Gasteiger partial charge in [-0.15, -0.1) is 16.4 Å². The zero-order valence-corrected chi connectivity index (χ0v) is 11.0. The summed E-state index contributed by atoms with van der Waals surface area (Å²) in [5, 5.41) is 15.4. The Hall–Kier alpha value is -1.47. The van der Waals surface area contributed by atoms with Crippen LogP contribution >= 0.6 is 11.3 Å². The number of rotatable bonds is 6. The third kappa shape index (κ3) is 3.05. The molecule has 0 aromatic carbocycles. The Morgan fingerprint density at radius 3 is 3.00 bits per heavy atom. The maximum Gasteiger partial charge on any atom is 0.315 e. The highest BCUT2D eigenvalue weighted by molar-refractivity contribution is 7.11. The number of hydrogen-bond donors (Lipinski definition) is 2. The fourth-order valence-corrected chi connectivity index (χ4v) is 2.30. The lowest BCUT2D eigenvalue weighted by molar-refractivity contribution is 0.476. The largest absolute Gasteiger partial charge is 0.407 e. The van der Waals surface area contributed by atoms with E-state index in [1.165, 1.54) is 12.8 Å². The predicted molar refractivity (Wildman–Crippen MR) is 68.3 cm³/mol. The molecule has 96 valence electrons. The van der Waals surface area contributed by atoms with Crippen LogP contribution in [0.25, 0.3) is 0 Å². The molecule has 0 bridgehead atoms. The fourth-order valence-electron chi connectivity index (χ4n) is 1.57. The van der Waals surface area contributed by atoms with Crippen LogP contribution in [0.1, 0.15) is 28.6 Å². The zero-order chi connectivity index (χ0) is 12.4. The second-order valence-corrected chi connectivity index (χ2v) is 5.67. The average molecular weight is 265 g/mol. The van der Waals surface area contributed by atoms with Crippen molar-refractivity contribution < 1.29 is 4.42 Å². The van der Waals surface area contributed by atoms with Gasteiger partial charge in [0.15, 0.2) is 0 Å². The lowest BCUT2D eigenvalue weighted by Gasteiger charge is -1.97. The molecule has 0 unspecified atom stereocenters. The van der Waals surface area contributed by atoms with Gasteiger partial charge < -0.3 is 15.1 Å². The molecule has 0 spiro atoms. The van der Waals surface area contributed by atoms with Gasteiger partial charge in [0, 0.05) is 17.1 Å². The lowest BCUT2D eigenvalue weighted by atomic mass is 10.5. The van der Waals surface area contributed by atoms with Crippen molar-refractivity contribution in [2.75, 3.05) is 5.32 Å². The Morgan fingerprint density at radius 2 is 2.28 bits per heavy atom. The molecule has 1 fully saturated rings. The van der Waals surface area contributed by atoms with E-state index < -0.39 is 0 Å². The topological polar surface area (TPSA) is 75.9 Å². The smallest absolute Gasteiger partial charge is 0.315 e. The van der Waals surface area contributed by atoms with Crippen LogP contribution in [-0.2, 0) is 13.1 Å². The summed E-state index contributed by atoms with van der Waals surface area (Å²) < 4.78 is 5.48. The lowest BCUT2D eigenvalue weighted by Crippen LogP contribution is -2.15. The van der Waals surface area contributed by atoms with E-state index in [-0.39, 0.29) is 0 Å². The summed E-state index contributed by atoms with van der Waals surface area (Å²) in [4.78, 5) is 5.35. The zero-order valence-electron chi connectivity index (χ0n) is 10.1. The molecule has 2 aromatic rings. The number of thiazole rings is 1. The Balaban J connectivity index is 1.49. The van der Waals surface area contributed by atoms with Crippen molar-refractivity contribution in [2.45, 2.75) is 38.9 Å². The molecule has 7 heteroatoms. The first-order valence-electron chi connectivity index (χ1n) is 6.00. The van der Waals surface area contributed by atoms with E-state index in [0.717, 1.165) is 9.88 Å². The Morgan fingerprint density at radius 1 is 1.39 bits per heavy atom. The molecule has 18 heavy (non-hydrogen) atoms. The number of anilines is 1. The summed E-state index contributed by atoms with van der Waals surface area (Å²) in [6.45, 7) is 3.31. The maximum absolute atomic E-state index is 5.48. The van der Waals surface area contributed by atoms with Gasteiger partial charge in [-0.25, -0.2) is 4.98 Å². The van der Waals surface area contributed by atoms with Crippen molar-refractivity contribution in [3.63, 3.8) is 0 Å². The van der Waals surface area contributed by atoms with Gasteiger partial charge in [-0.05, 0) is 19.8 Å². The van der Waals surface area contributed by atoms with Gasteiger partial charge in [-0.1, -0.05) is 5.10 Å². The molecule has 1 saturated carbocycles. The monoisotopic (exact) mass is 265 g/mol. The van der Waals surface area contributed by atoms with Crippen molar-refractivity contribution in [3.8, 4) is 0 Å². The molecule has 0 amide bonds. The Bertz CT molecular complexity index is 519. The van der Waals surface area contributed by atoms with E-state index in [4.69, 9.17) is 4.42 Å². The third-order valence-corrected chi connectivity index (χ3v) is 3.58. The standard InChI is InChI=1S/C11H15N5OS/c1-7-12-4-9(18-7)5-14-11-16-15-10(17-11)6-13-8-2-3-8/h4,8,13H,2-3,5-6H2,1H3,(H,14,16). The number of nitrogens with one attached hydrogen (secondary N) is 2. The van der Waals surface area contributed by atoms with E-state index in [1.807, 2.05) is 13.1 Å². The van der Waals surface area contributed by atoms with Crippen LogP contribution in [0.2, 0.25) is 0 Å². The molecule has 0 atom stereocenters. The first-order chi connectivity index (χ1) is 8.79. The van der Waals surface area contributed by atoms with Gasteiger partial charge in [0.1, 0.15) is 0 Å². The fraction of sp³-hybridized carbons (Fsp3) is 0.545. The summed E-state index contributed by atoms with van der Waals surface area (Å²) in [5.74, 6) is 0.630. The highest BCUT2D eigenvalue weighted by Gasteiger charge is 2.21. The molecule has 2 aromatic heterocycles. The molecule has 2 N–H and O–H groups in total. The number of nitrogens with zero attached hydrogens (tertiary/aromatic N) is 3. The third-order valence-electron chi connectivity index (χ3n) is 2.67. The summed E-state index contributed by atoms with van der Waals surface area (Å²) in [6, 6.07) is 1.11. The van der Waals surface area contributed by atoms with Crippen molar-refractivity contribution in [1.82, 2.24) is 20.5 Å². The molecule has 0 aliphatic heterocycles. The predicted octanol–water partition coefficient (Wildman–Crippen LogP) is 1.70. The number of hydrogen-bond acceptors (Lipinski definition) is 7. The number of aryl methyl sites for hydroxylation is 1. The first-order valence-corrected chi connectivity index (χ1v) is 6.82. The average Bonchev–Trinajstić information content (AvgIpc) is 2.93. The van der Waals surface area contributed by atoms with Crippen LogP contribution in [0, 0.1) is 6.92 Å². The summed E-state index contributed by atoms with van der Waals surface area (Å²) in [7, 11) is 0. The maximum atomic E-state index is 5.48. The van der Waals surface area contributed by atoms with E-state index in [2.05, 4.69) is 25.8 Å². The quantitative estimate of drug-likeness (QED) is 0.828. The minimum absolute atomic E-state index is 0.466. The molecular weight excluding hydrogens is 250 g/mol. The molecule has 1 aliphatic rings. The van der Waals surface area contributed by atoms with Gasteiger partial charge in [-0.2, -0.15) is 0 Å². The Kier molecular flexibility index (Phi) is 3.24. The van der Waals surface area contributed by atoms with Crippen LogP contribution < -0.4 is 10.6 Å². The normalized spacial score (nSPS) is 14.9. The molecule has 2 heterocycles. The van der Waals surface area contributed by atoms with Crippen molar-refractivity contribution in [1.29, 1.82) is 0 Å². The number of aromatic nitrogens is 3. The molecule has 3 rings (SSSR count). The SMILES string of the molecule is Cc1ncc(CNc2nnc(CNC3CC3)o2)s1. The Labute approximate surface area is 109 Å². The van der Waals surface area contributed by atoms with Gasteiger partial charge in [-0.3, -0.25) is 0 Å². The van der Waals surface area contributed by atoms with Crippen LogP contribution in [0.5, 0.6) is 0 Å². The molecule has 0 saturated heterocycles. The highest BCUT2D eigenvalue weighted by atomic mass is 32.1. The van der Waals surface area contributed by atoms with E-state index in [0.29, 0.717) is 31.0 Å². The minimum atomic E-state index is 0.466. The van der Waals surface area contributed by atoms with Gasteiger partial charge >= 0.3 is 6.01 Å². The first kappa shape index (κ1) is 11.6. The van der Waals surface area contributed by atoms with Crippen molar-refractivity contribution >= 4 is 17.4 Å². The van der Waals surface area contributed by atoms with Crippen LogP contribution in [0.15, 0.2) is 10.6 Å². The van der Waals surface area contributed by atoms with Crippen molar-refractivity contribution in [2.24, 2.45) is 0 Å².